The molecule has 0 saturated heterocycles. The van der Waals surface area contributed by atoms with E-state index in [2.05, 4.69) is 28.2 Å². The number of nitrogens with one attached hydrogen (secondary N) is 1. The Morgan fingerprint density at radius 3 is 2.55 bits per heavy atom. The van der Waals surface area contributed by atoms with Crippen LogP contribution in [0.3, 0.4) is 0 Å². The van der Waals surface area contributed by atoms with Crippen molar-refractivity contribution < 1.29 is 0 Å². The Kier molecular flexibility index (Phi) is 5.46. The van der Waals surface area contributed by atoms with Crippen molar-refractivity contribution in [2.45, 2.75) is 11.8 Å². The van der Waals surface area contributed by atoms with Crippen molar-refractivity contribution in [3.05, 3.63) is 52.5 Å². The number of anilines is 2. The molecule has 2 aromatic rings. The molecule has 20 heavy (non-hydrogen) atoms. The molecule has 3 N–H and O–H groups in total. The average molecular weight is 367 g/mol. The summed E-state index contributed by atoms with van der Waals surface area (Å²) in [5, 5.41) is 3.39. The molecule has 104 valence electrons. The lowest BCUT2D eigenvalue weighted by molar-refractivity contribution is 1.38. The lowest BCUT2D eigenvalue weighted by Gasteiger charge is -2.15. The van der Waals surface area contributed by atoms with Gasteiger partial charge in [0.1, 0.15) is 4.99 Å². The Bertz CT molecular complexity index is 629. The number of hydrogen-bond acceptors (Lipinski definition) is 3. The number of nitrogens with two attached hydrogens (primary N) is 1. The predicted octanol–water partition coefficient (Wildman–Crippen LogP) is 4.94. The first-order chi connectivity index (χ1) is 9.63. The zero-order valence-electron chi connectivity index (χ0n) is 11.0. The number of thioether (sulfide) groups is 1. The number of hydrogen-bond donors (Lipinski definition) is 2. The summed E-state index contributed by atoms with van der Waals surface area (Å²) in [4.78, 5) is 1.52. The van der Waals surface area contributed by atoms with Crippen LogP contribution in [0.25, 0.3) is 0 Å². The van der Waals surface area contributed by atoms with Crippen LogP contribution in [0.5, 0.6) is 0 Å². The van der Waals surface area contributed by atoms with Gasteiger partial charge in [0.2, 0.25) is 0 Å². The van der Waals surface area contributed by atoms with Gasteiger partial charge in [-0.05, 0) is 45.9 Å². The first-order valence-electron chi connectivity index (χ1n) is 6.20. The van der Waals surface area contributed by atoms with Gasteiger partial charge in [-0.2, -0.15) is 0 Å². The normalized spacial score (nSPS) is 10.3. The average Bonchev–Trinajstić information content (AvgIpc) is 2.41. The highest BCUT2D eigenvalue weighted by Crippen LogP contribution is 2.32. The molecule has 0 aliphatic rings. The van der Waals surface area contributed by atoms with Crippen LogP contribution in [-0.2, 0) is 0 Å². The van der Waals surface area contributed by atoms with Crippen LogP contribution in [0.1, 0.15) is 12.5 Å². The fourth-order valence-electron chi connectivity index (χ4n) is 1.87. The molecule has 0 aliphatic carbocycles. The standard InChI is InChI=1S/C15H15BrN2S2/c1-2-20-13-9-5-8-12(14(13)15(17)19)18-11-7-4-3-6-10(11)16/h3-9,18H,2H2,1H3,(H2,17,19). The van der Waals surface area contributed by atoms with Gasteiger partial charge in [-0.15, -0.1) is 11.8 Å². The van der Waals surface area contributed by atoms with E-state index < -0.39 is 0 Å². The van der Waals surface area contributed by atoms with E-state index in [0.717, 1.165) is 32.1 Å². The lowest BCUT2D eigenvalue weighted by Crippen LogP contribution is -2.13. The second-order valence-corrected chi connectivity index (χ2v) is 6.68. The second-order valence-electron chi connectivity index (χ2n) is 4.08. The van der Waals surface area contributed by atoms with E-state index in [1.165, 1.54) is 0 Å². The molecule has 0 spiro atoms. The minimum Gasteiger partial charge on any atom is -0.389 e. The lowest BCUT2D eigenvalue weighted by atomic mass is 10.1. The molecule has 0 atom stereocenters. The van der Waals surface area contributed by atoms with E-state index in [1.54, 1.807) is 11.8 Å². The third kappa shape index (κ3) is 3.53. The number of halogens is 1. The fourth-order valence-corrected chi connectivity index (χ4v) is 3.39. The largest absolute Gasteiger partial charge is 0.389 e. The van der Waals surface area contributed by atoms with Gasteiger partial charge in [-0.1, -0.05) is 37.3 Å². The summed E-state index contributed by atoms with van der Waals surface area (Å²) in [6.45, 7) is 2.11. The van der Waals surface area contributed by atoms with E-state index in [0.29, 0.717) is 4.99 Å². The Labute approximate surface area is 137 Å². The Morgan fingerprint density at radius 1 is 1.20 bits per heavy atom. The molecular formula is C15H15BrN2S2. The van der Waals surface area contributed by atoms with Crippen LogP contribution in [0, 0.1) is 0 Å². The topological polar surface area (TPSA) is 38.0 Å². The van der Waals surface area contributed by atoms with Crippen LogP contribution in [0.15, 0.2) is 51.8 Å². The molecule has 5 heteroatoms. The highest BCUT2D eigenvalue weighted by molar-refractivity contribution is 9.10. The monoisotopic (exact) mass is 366 g/mol. The number of para-hydroxylation sites is 1. The van der Waals surface area contributed by atoms with Crippen LogP contribution < -0.4 is 11.1 Å². The van der Waals surface area contributed by atoms with E-state index in [9.17, 15) is 0 Å². The van der Waals surface area contributed by atoms with Crippen molar-refractivity contribution in [1.82, 2.24) is 0 Å². The van der Waals surface area contributed by atoms with Gasteiger partial charge < -0.3 is 11.1 Å². The molecule has 0 radical (unpaired) electrons. The molecule has 0 aliphatic heterocycles. The molecule has 2 nitrogen and oxygen atoms in total. The van der Waals surface area contributed by atoms with Crippen LogP contribution >= 0.6 is 39.9 Å². The molecule has 0 heterocycles. The Balaban J connectivity index is 2.44. The quantitative estimate of drug-likeness (QED) is 0.580. The number of thiocarbonyl (C=S) groups is 1. The van der Waals surface area contributed by atoms with E-state index in [-0.39, 0.29) is 0 Å². The van der Waals surface area contributed by atoms with E-state index in [4.69, 9.17) is 18.0 Å². The zero-order chi connectivity index (χ0) is 14.5. The van der Waals surface area contributed by atoms with Crippen molar-refractivity contribution in [3.8, 4) is 0 Å². The van der Waals surface area contributed by atoms with Crippen molar-refractivity contribution in [1.29, 1.82) is 0 Å². The van der Waals surface area contributed by atoms with Gasteiger partial charge in [-0.25, -0.2) is 0 Å². The number of benzene rings is 2. The van der Waals surface area contributed by atoms with Gasteiger partial charge >= 0.3 is 0 Å². The Hall–Kier alpha value is -1.04. The smallest absolute Gasteiger partial charge is 0.107 e. The highest BCUT2D eigenvalue weighted by Gasteiger charge is 2.12. The maximum absolute atomic E-state index is 5.90. The maximum atomic E-state index is 5.90. The summed E-state index contributed by atoms with van der Waals surface area (Å²) < 4.78 is 1.00. The minimum absolute atomic E-state index is 0.413. The predicted molar refractivity (Wildman–Crippen MR) is 96.2 cm³/mol. The summed E-state index contributed by atoms with van der Waals surface area (Å²) >= 11 is 10.5. The van der Waals surface area contributed by atoms with E-state index >= 15 is 0 Å². The van der Waals surface area contributed by atoms with Gasteiger partial charge in [0.15, 0.2) is 0 Å². The van der Waals surface area contributed by atoms with Crippen molar-refractivity contribution in [2.24, 2.45) is 5.73 Å². The molecule has 2 rings (SSSR count). The molecule has 0 amide bonds. The van der Waals surface area contributed by atoms with E-state index in [1.807, 2.05) is 42.5 Å². The summed E-state index contributed by atoms with van der Waals surface area (Å²) in [6, 6.07) is 14.0. The Morgan fingerprint density at radius 2 is 1.90 bits per heavy atom. The molecular weight excluding hydrogens is 352 g/mol. The molecule has 0 aromatic heterocycles. The SMILES string of the molecule is CCSc1cccc(Nc2ccccc2Br)c1C(N)=S. The van der Waals surface area contributed by atoms with Crippen LogP contribution in [0.4, 0.5) is 11.4 Å². The molecule has 0 saturated carbocycles. The first-order valence-corrected chi connectivity index (χ1v) is 8.39. The molecule has 0 fully saturated rings. The van der Waals surface area contributed by atoms with Crippen LogP contribution in [0.2, 0.25) is 0 Å². The maximum Gasteiger partial charge on any atom is 0.107 e. The van der Waals surface area contributed by atoms with Gasteiger partial charge in [0.05, 0.1) is 5.69 Å². The zero-order valence-corrected chi connectivity index (χ0v) is 14.2. The third-order valence-corrected chi connectivity index (χ3v) is 4.55. The van der Waals surface area contributed by atoms with Crippen molar-refractivity contribution in [3.63, 3.8) is 0 Å². The minimum atomic E-state index is 0.413. The summed E-state index contributed by atoms with van der Waals surface area (Å²) in [5.41, 5.74) is 8.73. The third-order valence-electron chi connectivity index (χ3n) is 2.72. The summed E-state index contributed by atoms with van der Waals surface area (Å²) in [7, 11) is 0. The molecule has 0 unspecified atom stereocenters. The van der Waals surface area contributed by atoms with Gasteiger partial charge in [-0.3, -0.25) is 0 Å². The second kappa shape index (κ2) is 7.11. The fraction of sp³-hybridized carbons (Fsp3) is 0.133. The number of rotatable bonds is 5. The molecule has 2 aromatic carbocycles. The highest BCUT2D eigenvalue weighted by atomic mass is 79.9. The van der Waals surface area contributed by atoms with Crippen molar-refractivity contribution in [2.75, 3.05) is 11.1 Å². The van der Waals surface area contributed by atoms with Crippen molar-refractivity contribution >= 4 is 56.3 Å². The van der Waals surface area contributed by atoms with Crippen LogP contribution in [-0.4, -0.2) is 10.7 Å². The van der Waals surface area contributed by atoms with Gasteiger partial charge in [0, 0.05) is 20.6 Å². The summed E-state index contributed by atoms with van der Waals surface area (Å²) in [6.07, 6.45) is 0. The molecule has 0 bridgehead atoms. The first kappa shape index (κ1) is 15.4. The summed E-state index contributed by atoms with van der Waals surface area (Å²) in [5.74, 6) is 0.980. The van der Waals surface area contributed by atoms with Gasteiger partial charge in [0.25, 0.3) is 0 Å².